The summed E-state index contributed by atoms with van der Waals surface area (Å²) in [7, 11) is 0. The van der Waals surface area contributed by atoms with Gasteiger partial charge in [-0.1, -0.05) is 32.0 Å². The van der Waals surface area contributed by atoms with Crippen molar-refractivity contribution in [3.05, 3.63) is 29.8 Å². The number of ether oxygens (including phenoxy) is 1. The molecule has 1 N–H and O–H groups in total. The van der Waals surface area contributed by atoms with E-state index in [0.29, 0.717) is 38.7 Å². The van der Waals surface area contributed by atoms with Gasteiger partial charge in [0.2, 0.25) is 5.91 Å². The first-order chi connectivity index (χ1) is 11.9. The molecule has 0 aliphatic carbocycles. The lowest BCUT2D eigenvalue weighted by Crippen LogP contribution is -2.54. The fourth-order valence-electron chi connectivity index (χ4n) is 3.02. The monoisotopic (exact) mass is 347 g/mol. The Bertz CT molecular complexity index is 595. The standard InChI is InChI=1S/C19H29N3O3/c1-5-25-19(24)22-12-10-21(11-13-22)15(4)18(23)20-17-9-7-6-8-16(17)14(2)3/h6-9,14-15H,5,10-13H2,1-4H3,(H,20,23)/t15-/m1/s1. The van der Waals surface area contributed by atoms with Crippen LogP contribution in [-0.2, 0) is 9.53 Å². The van der Waals surface area contributed by atoms with E-state index in [9.17, 15) is 9.59 Å². The number of rotatable bonds is 5. The van der Waals surface area contributed by atoms with Crippen LogP contribution in [0.15, 0.2) is 24.3 Å². The van der Waals surface area contributed by atoms with E-state index in [1.165, 1.54) is 0 Å². The normalized spacial score (nSPS) is 16.6. The molecule has 1 aliphatic rings. The van der Waals surface area contributed by atoms with Crippen LogP contribution < -0.4 is 5.32 Å². The first-order valence-electron chi connectivity index (χ1n) is 8.99. The minimum absolute atomic E-state index is 0.0160. The molecule has 0 unspecified atom stereocenters. The van der Waals surface area contributed by atoms with Crippen molar-refractivity contribution in [3.63, 3.8) is 0 Å². The van der Waals surface area contributed by atoms with Crippen LogP contribution in [0.25, 0.3) is 0 Å². The van der Waals surface area contributed by atoms with Gasteiger partial charge < -0.3 is 15.0 Å². The van der Waals surface area contributed by atoms with Crippen molar-refractivity contribution in [1.29, 1.82) is 0 Å². The van der Waals surface area contributed by atoms with E-state index in [4.69, 9.17) is 4.74 Å². The maximum atomic E-state index is 12.6. The Morgan fingerprint density at radius 2 is 1.76 bits per heavy atom. The predicted octanol–water partition coefficient (Wildman–Crippen LogP) is 2.91. The molecule has 2 rings (SSSR count). The predicted molar refractivity (Wildman–Crippen MR) is 98.8 cm³/mol. The minimum atomic E-state index is -0.273. The Labute approximate surface area is 150 Å². The lowest BCUT2D eigenvalue weighted by Gasteiger charge is -2.36. The molecule has 1 heterocycles. The molecule has 1 aromatic carbocycles. The second-order valence-electron chi connectivity index (χ2n) is 6.63. The number of nitrogens with zero attached hydrogens (tertiary/aromatic N) is 2. The Balaban J connectivity index is 1.92. The van der Waals surface area contributed by atoms with Crippen LogP contribution in [0.2, 0.25) is 0 Å². The molecule has 0 saturated carbocycles. The zero-order valence-electron chi connectivity index (χ0n) is 15.6. The molecule has 0 aromatic heterocycles. The van der Waals surface area contributed by atoms with Gasteiger partial charge in [0.25, 0.3) is 0 Å². The SMILES string of the molecule is CCOC(=O)N1CCN([C@H](C)C(=O)Nc2ccccc2C(C)C)CC1. The van der Waals surface area contributed by atoms with Gasteiger partial charge in [-0.15, -0.1) is 0 Å². The van der Waals surface area contributed by atoms with Crippen LogP contribution in [0.1, 0.15) is 39.2 Å². The van der Waals surface area contributed by atoms with Crippen LogP contribution in [0, 0.1) is 0 Å². The summed E-state index contributed by atoms with van der Waals surface area (Å²) in [6, 6.07) is 7.67. The van der Waals surface area contributed by atoms with Crippen LogP contribution in [0.4, 0.5) is 10.5 Å². The Hall–Kier alpha value is -2.08. The number of amides is 2. The van der Waals surface area contributed by atoms with Gasteiger partial charge in [0.05, 0.1) is 12.6 Å². The number of piperazine rings is 1. The topological polar surface area (TPSA) is 61.9 Å². The summed E-state index contributed by atoms with van der Waals surface area (Å²) in [5, 5.41) is 3.06. The maximum Gasteiger partial charge on any atom is 0.409 e. The van der Waals surface area contributed by atoms with E-state index in [1.807, 2.05) is 31.2 Å². The second kappa shape index (κ2) is 8.85. The molecule has 2 amide bonds. The second-order valence-corrected chi connectivity index (χ2v) is 6.63. The summed E-state index contributed by atoms with van der Waals surface area (Å²) >= 11 is 0. The van der Waals surface area contributed by atoms with Gasteiger partial charge in [0, 0.05) is 31.9 Å². The molecule has 0 bridgehead atoms. The fourth-order valence-corrected chi connectivity index (χ4v) is 3.02. The number of hydrogen-bond acceptors (Lipinski definition) is 4. The molecular weight excluding hydrogens is 318 g/mol. The lowest BCUT2D eigenvalue weighted by atomic mass is 10.0. The van der Waals surface area contributed by atoms with E-state index in [2.05, 4.69) is 24.1 Å². The van der Waals surface area contributed by atoms with Crippen LogP contribution in [0.5, 0.6) is 0 Å². The summed E-state index contributed by atoms with van der Waals surface area (Å²) in [5.74, 6) is 0.331. The highest BCUT2D eigenvalue weighted by Gasteiger charge is 2.28. The van der Waals surface area contributed by atoms with E-state index >= 15 is 0 Å². The lowest BCUT2D eigenvalue weighted by molar-refractivity contribution is -0.121. The van der Waals surface area contributed by atoms with E-state index < -0.39 is 0 Å². The first-order valence-corrected chi connectivity index (χ1v) is 8.99. The smallest absolute Gasteiger partial charge is 0.409 e. The third-order valence-electron chi connectivity index (χ3n) is 4.61. The van der Waals surface area contributed by atoms with Gasteiger partial charge in [0.1, 0.15) is 0 Å². The average molecular weight is 347 g/mol. The van der Waals surface area contributed by atoms with Crippen molar-refractivity contribution in [1.82, 2.24) is 9.80 Å². The summed E-state index contributed by atoms with van der Waals surface area (Å²) in [5.41, 5.74) is 2.01. The van der Waals surface area contributed by atoms with Crippen LogP contribution >= 0.6 is 0 Å². The number of para-hydroxylation sites is 1. The Kier molecular flexibility index (Phi) is 6.82. The highest BCUT2D eigenvalue weighted by atomic mass is 16.6. The number of benzene rings is 1. The third-order valence-corrected chi connectivity index (χ3v) is 4.61. The van der Waals surface area contributed by atoms with Gasteiger partial charge in [-0.05, 0) is 31.4 Å². The molecule has 1 aromatic rings. The number of nitrogens with one attached hydrogen (secondary N) is 1. The molecule has 6 nitrogen and oxygen atoms in total. The van der Waals surface area contributed by atoms with Crippen molar-refractivity contribution < 1.29 is 14.3 Å². The highest BCUT2D eigenvalue weighted by molar-refractivity contribution is 5.95. The van der Waals surface area contributed by atoms with E-state index in [0.717, 1.165) is 11.3 Å². The zero-order chi connectivity index (χ0) is 18.4. The number of carbonyl (C=O) groups excluding carboxylic acids is 2. The van der Waals surface area contributed by atoms with E-state index in [-0.39, 0.29) is 18.0 Å². The zero-order valence-corrected chi connectivity index (χ0v) is 15.6. The average Bonchev–Trinajstić information content (AvgIpc) is 2.61. The molecule has 1 atom stereocenters. The van der Waals surface area contributed by atoms with Gasteiger partial charge in [-0.25, -0.2) is 4.79 Å². The number of carbonyl (C=O) groups is 2. The summed E-state index contributed by atoms with van der Waals surface area (Å²) < 4.78 is 5.03. The number of hydrogen-bond donors (Lipinski definition) is 1. The molecule has 1 fully saturated rings. The van der Waals surface area contributed by atoms with Crippen molar-refractivity contribution in [2.75, 3.05) is 38.1 Å². The van der Waals surface area contributed by atoms with Crippen molar-refractivity contribution >= 4 is 17.7 Å². The maximum absolute atomic E-state index is 12.6. The summed E-state index contributed by atoms with van der Waals surface area (Å²) in [6.45, 7) is 10.8. The van der Waals surface area contributed by atoms with Crippen molar-refractivity contribution in [2.24, 2.45) is 0 Å². The molecule has 0 radical (unpaired) electrons. The van der Waals surface area contributed by atoms with Crippen LogP contribution in [0.3, 0.4) is 0 Å². The highest BCUT2D eigenvalue weighted by Crippen LogP contribution is 2.24. The Morgan fingerprint density at radius 1 is 1.12 bits per heavy atom. The molecule has 1 saturated heterocycles. The number of anilines is 1. The van der Waals surface area contributed by atoms with Gasteiger partial charge in [-0.2, -0.15) is 0 Å². The molecule has 0 spiro atoms. The summed E-state index contributed by atoms with van der Waals surface area (Å²) in [6.07, 6.45) is -0.273. The molecule has 25 heavy (non-hydrogen) atoms. The van der Waals surface area contributed by atoms with Gasteiger partial charge in [0.15, 0.2) is 0 Å². The quantitative estimate of drug-likeness (QED) is 0.890. The van der Waals surface area contributed by atoms with Gasteiger partial charge in [-0.3, -0.25) is 9.69 Å². The van der Waals surface area contributed by atoms with Crippen molar-refractivity contribution in [2.45, 2.75) is 39.7 Å². The first kappa shape index (κ1) is 19.2. The molecule has 1 aliphatic heterocycles. The van der Waals surface area contributed by atoms with Crippen LogP contribution in [-0.4, -0.2) is 60.6 Å². The molecule has 138 valence electrons. The third kappa shape index (κ3) is 4.95. The van der Waals surface area contributed by atoms with Crippen molar-refractivity contribution in [3.8, 4) is 0 Å². The minimum Gasteiger partial charge on any atom is -0.450 e. The molecule has 6 heteroatoms. The largest absolute Gasteiger partial charge is 0.450 e. The Morgan fingerprint density at radius 3 is 2.36 bits per heavy atom. The van der Waals surface area contributed by atoms with E-state index in [1.54, 1.807) is 11.8 Å². The van der Waals surface area contributed by atoms with Gasteiger partial charge >= 0.3 is 6.09 Å². The fraction of sp³-hybridized carbons (Fsp3) is 0.579. The summed E-state index contributed by atoms with van der Waals surface area (Å²) in [4.78, 5) is 28.2. The molecular formula is C19H29N3O3.